The molecule has 2 aromatic carbocycles. The van der Waals surface area contributed by atoms with E-state index in [4.69, 9.17) is 19.9 Å². The van der Waals surface area contributed by atoms with Gasteiger partial charge in [-0.05, 0) is 48.2 Å². The van der Waals surface area contributed by atoms with Crippen LogP contribution in [0.2, 0.25) is 0 Å². The normalized spacial score (nSPS) is 10.8. The highest BCUT2D eigenvalue weighted by atomic mass is 127. The van der Waals surface area contributed by atoms with Crippen LogP contribution in [-0.2, 0) is 13.0 Å². The minimum absolute atomic E-state index is 0. The second kappa shape index (κ2) is 12.7. The molecule has 0 spiro atoms. The SMILES string of the molecule is COc1cc(Br)ccc1CCCNC(N)=NCc1ccc(OC)c(OC)c1.I. The van der Waals surface area contributed by atoms with Gasteiger partial charge in [0.05, 0.1) is 27.9 Å². The van der Waals surface area contributed by atoms with Crippen molar-refractivity contribution in [3.8, 4) is 17.2 Å². The van der Waals surface area contributed by atoms with E-state index in [1.807, 2.05) is 30.3 Å². The summed E-state index contributed by atoms with van der Waals surface area (Å²) >= 11 is 3.45. The lowest BCUT2D eigenvalue weighted by Crippen LogP contribution is -2.32. The van der Waals surface area contributed by atoms with Crippen LogP contribution in [-0.4, -0.2) is 33.8 Å². The van der Waals surface area contributed by atoms with E-state index in [2.05, 4.69) is 32.3 Å². The summed E-state index contributed by atoms with van der Waals surface area (Å²) in [6, 6.07) is 11.8. The Morgan fingerprint density at radius 1 is 1.00 bits per heavy atom. The number of nitrogens with one attached hydrogen (secondary N) is 1. The first-order valence-electron chi connectivity index (χ1n) is 8.64. The molecule has 0 bridgehead atoms. The zero-order valence-corrected chi connectivity index (χ0v) is 20.2. The van der Waals surface area contributed by atoms with Crippen molar-refractivity contribution < 1.29 is 14.2 Å². The number of nitrogens with zero attached hydrogens (tertiary/aromatic N) is 1. The van der Waals surface area contributed by atoms with E-state index >= 15 is 0 Å². The van der Waals surface area contributed by atoms with Gasteiger partial charge in [-0.15, -0.1) is 24.0 Å². The largest absolute Gasteiger partial charge is 0.496 e. The van der Waals surface area contributed by atoms with Gasteiger partial charge in [0.15, 0.2) is 17.5 Å². The molecule has 0 aliphatic carbocycles. The van der Waals surface area contributed by atoms with Crippen molar-refractivity contribution in [2.75, 3.05) is 27.9 Å². The average Bonchev–Trinajstić information content (AvgIpc) is 2.70. The number of aliphatic imine (C=N–C) groups is 1. The number of nitrogens with two attached hydrogens (primary N) is 1. The molecule has 28 heavy (non-hydrogen) atoms. The Balaban J connectivity index is 0.00000392. The number of ether oxygens (including phenoxy) is 3. The van der Waals surface area contributed by atoms with Crippen molar-refractivity contribution in [1.82, 2.24) is 5.32 Å². The quantitative estimate of drug-likeness (QED) is 0.208. The molecular formula is C20H27BrIN3O3. The van der Waals surface area contributed by atoms with Gasteiger partial charge in [0.2, 0.25) is 0 Å². The lowest BCUT2D eigenvalue weighted by molar-refractivity contribution is 0.354. The minimum Gasteiger partial charge on any atom is -0.496 e. The molecule has 0 heterocycles. The maximum absolute atomic E-state index is 5.96. The Bertz CT molecular complexity index is 787. The van der Waals surface area contributed by atoms with Crippen LogP contribution < -0.4 is 25.3 Å². The van der Waals surface area contributed by atoms with Gasteiger partial charge in [-0.1, -0.05) is 28.1 Å². The molecule has 0 atom stereocenters. The van der Waals surface area contributed by atoms with Crippen LogP contribution in [0.4, 0.5) is 0 Å². The number of aryl methyl sites for hydroxylation is 1. The molecule has 0 radical (unpaired) electrons. The molecule has 0 aliphatic heterocycles. The molecule has 2 aromatic rings. The van der Waals surface area contributed by atoms with Crippen LogP contribution in [0.1, 0.15) is 17.5 Å². The predicted molar refractivity (Wildman–Crippen MR) is 127 cm³/mol. The monoisotopic (exact) mass is 563 g/mol. The molecule has 0 unspecified atom stereocenters. The second-order valence-electron chi connectivity index (χ2n) is 5.88. The Kier molecular flexibility index (Phi) is 11.1. The van der Waals surface area contributed by atoms with Gasteiger partial charge in [0.1, 0.15) is 5.75 Å². The van der Waals surface area contributed by atoms with Gasteiger partial charge >= 0.3 is 0 Å². The van der Waals surface area contributed by atoms with Crippen molar-refractivity contribution >= 4 is 45.9 Å². The number of guanidine groups is 1. The number of methoxy groups -OCH3 is 3. The first-order chi connectivity index (χ1) is 13.1. The molecule has 0 fully saturated rings. The van der Waals surface area contributed by atoms with Crippen LogP contribution in [0.15, 0.2) is 45.9 Å². The third-order valence-corrected chi connectivity index (χ3v) is 4.55. The van der Waals surface area contributed by atoms with E-state index in [1.54, 1.807) is 21.3 Å². The topological polar surface area (TPSA) is 78.1 Å². The first-order valence-corrected chi connectivity index (χ1v) is 9.43. The smallest absolute Gasteiger partial charge is 0.188 e. The van der Waals surface area contributed by atoms with Gasteiger partial charge in [0, 0.05) is 11.0 Å². The van der Waals surface area contributed by atoms with Gasteiger partial charge < -0.3 is 25.3 Å². The summed E-state index contributed by atoms with van der Waals surface area (Å²) in [5, 5.41) is 3.14. The average molecular weight is 564 g/mol. The summed E-state index contributed by atoms with van der Waals surface area (Å²) in [5.74, 6) is 2.69. The van der Waals surface area contributed by atoms with Gasteiger partial charge in [-0.3, -0.25) is 0 Å². The van der Waals surface area contributed by atoms with Gasteiger partial charge in [-0.2, -0.15) is 0 Å². The third-order valence-electron chi connectivity index (χ3n) is 4.06. The molecule has 0 saturated heterocycles. The number of halogens is 2. The fourth-order valence-electron chi connectivity index (χ4n) is 2.63. The van der Waals surface area contributed by atoms with Crippen molar-refractivity contribution in [1.29, 1.82) is 0 Å². The first kappa shape index (κ1) is 24.4. The third kappa shape index (κ3) is 7.38. The van der Waals surface area contributed by atoms with Crippen LogP contribution >= 0.6 is 39.9 Å². The molecule has 154 valence electrons. The molecule has 2 rings (SSSR count). The van der Waals surface area contributed by atoms with Crippen molar-refractivity contribution in [2.45, 2.75) is 19.4 Å². The number of hydrogen-bond donors (Lipinski definition) is 2. The molecule has 0 saturated carbocycles. The van der Waals surface area contributed by atoms with Crippen molar-refractivity contribution in [3.05, 3.63) is 52.0 Å². The Morgan fingerprint density at radius 3 is 2.39 bits per heavy atom. The zero-order chi connectivity index (χ0) is 19.6. The molecule has 0 aromatic heterocycles. The highest BCUT2D eigenvalue weighted by Gasteiger charge is 2.05. The summed E-state index contributed by atoms with van der Waals surface area (Å²) in [7, 11) is 4.91. The Morgan fingerprint density at radius 2 is 1.71 bits per heavy atom. The van der Waals surface area contributed by atoms with Gasteiger partial charge in [-0.25, -0.2) is 4.99 Å². The van der Waals surface area contributed by atoms with Crippen molar-refractivity contribution in [3.63, 3.8) is 0 Å². The van der Waals surface area contributed by atoms with E-state index in [0.717, 1.165) is 35.2 Å². The van der Waals surface area contributed by atoms with Crippen LogP contribution in [0.3, 0.4) is 0 Å². The fraction of sp³-hybridized carbons (Fsp3) is 0.350. The van der Waals surface area contributed by atoms with E-state index in [1.165, 1.54) is 5.56 Å². The van der Waals surface area contributed by atoms with Gasteiger partial charge in [0.25, 0.3) is 0 Å². The number of benzene rings is 2. The van der Waals surface area contributed by atoms with Crippen LogP contribution in [0.5, 0.6) is 17.2 Å². The molecular weight excluding hydrogens is 537 g/mol. The minimum atomic E-state index is 0. The molecule has 0 aliphatic rings. The summed E-state index contributed by atoms with van der Waals surface area (Å²) in [5.41, 5.74) is 8.12. The standard InChI is InChI=1S/C20H26BrN3O3.HI/c1-25-17-9-6-14(11-19(17)27-3)13-24-20(22)23-10-4-5-15-7-8-16(21)12-18(15)26-2;/h6-9,11-12H,4-5,10,13H2,1-3H3,(H3,22,23,24);1H. The van der Waals surface area contributed by atoms with E-state index < -0.39 is 0 Å². The summed E-state index contributed by atoms with van der Waals surface area (Å²) in [4.78, 5) is 4.37. The lowest BCUT2D eigenvalue weighted by atomic mass is 10.1. The Hall–Kier alpha value is -1.68. The predicted octanol–water partition coefficient (Wildman–Crippen LogP) is 4.13. The van der Waals surface area contributed by atoms with E-state index in [-0.39, 0.29) is 24.0 Å². The zero-order valence-electron chi connectivity index (χ0n) is 16.3. The Labute approximate surface area is 192 Å². The van der Waals surface area contributed by atoms with Crippen LogP contribution in [0.25, 0.3) is 0 Å². The highest BCUT2D eigenvalue weighted by Crippen LogP contribution is 2.27. The highest BCUT2D eigenvalue weighted by molar-refractivity contribution is 14.0. The van der Waals surface area contributed by atoms with E-state index in [9.17, 15) is 0 Å². The van der Waals surface area contributed by atoms with E-state index in [0.29, 0.717) is 24.0 Å². The molecule has 8 heteroatoms. The maximum atomic E-state index is 5.96. The summed E-state index contributed by atoms with van der Waals surface area (Å²) < 4.78 is 16.9. The second-order valence-corrected chi connectivity index (χ2v) is 6.79. The molecule has 3 N–H and O–H groups in total. The lowest BCUT2D eigenvalue weighted by Gasteiger charge is -2.10. The number of rotatable bonds is 9. The fourth-order valence-corrected chi connectivity index (χ4v) is 2.97. The summed E-state index contributed by atoms with van der Waals surface area (Å²) in [6.45, 7) is 1.21. The maximum Gasteiger partial charge on any atom is 0.188 e. The van der Waals surface area contributed by atoms with Crippen LogP contribution in [0, 0.1) is 0 Å². The summed E-state index contributed by atoms with van der Waals surface area (Å²) in [6.07, 6.45) is 1.82. The number of hydrogen-bond acceptors (Lipinski definition) is 4. The molecule has 6 nitrogen and oxygen atoms in total. The van der Waals surface area contributed by atoms with Crippen molar-refractivity contribution in [2.24, 2.45) is 10.7 Å². The molecule has 0 amide bonds.